The minimum absolute atomic E-state index is 0.194. The molecule has 2 heterocycles. The Morgan fingerprint density at radius 1 is 1.44 bits per heavy atom. The van der Waals surface area contributed by atoms with Gasteiger partial charge in [0.15, 0.2) is 0 Å². The van der Waals surface area contributed by atoms with Gasteiger partial charge in [-0.2, -0.15) is 0 Å². The number of carbonyl (C=O) groups is 1. The van der Waals surface area contributed by atoms with Crippen molar-refractivity contribution in [3.8, 4) is 0 Å². The van der Waals surface area contributed by atoms with Crippen LogP contribution in [-0.4, -0.2) is 15.9 Å². The lowest BCUT2D eigenvalue weighted by molar-refractivity contribution is 0.0950. The van der Waals surface area contributed by atoms with E-state index in [1.807, 2.05) is 13.8 Å². The predicted molar refractivity (Wildman–Crippen MR) is 71.4 cm³/mol. The van der Waals surface area contributed by atoms with Crippen LogP contribution in [0.3, 0.4) is 0 Å². The van der Waals surface area contributed by atoms with Crippen LogP contribution >= 0.6 is 11.3 Å². The van der Waals surface area contributed by atoms with E-state index < -0.39 is 0 Å². The SMILES string of the molecule is Cc1nc(CNC(=O)c2cncc(N)c2)sc1C. The fraction of sp³-hybridized carbons (Fsp3) is 0.250. The number of carbonyl (C=O) groups excluding carboxylic acids is 1. The van der Waals surface area contributed by atoms with Gasteiger partial charge in [-0.15, -0.1) is 11.3 Å². The first-order valence-electron chi connectivity index (χ1n) is 5.48. The Bertz CT molecular complexity index is 560. The molecule has 18 heavy (non-hydrogen) atoms. The van der Waals surface area contributed by atoms with Gasteiger partial charge < -0.3 is 11.1 Å². The van der Waals surface area contributed by atoms with E-state index in [1.165, 1.54) is 17.3 Å². The minimum atomic E-state index is -0.194. The summed E-state index contributed by atoms with van der Waals surface area (Å²) in [4.78, 5) is 21.2. The molecule has 0 atom stereocenters. The van der Waals surface area contributed by atoms with Crippen molar-refractivity contribution >= 4 is 22.9 Å². The number of rotatable bonds is 3. The van der Waals surface area contributed by atoms with E-state index in [0.29, 0.717) is 17.8 Å². The van der Waals surface area contributed by atoms with Gasteiger partial charge in [0.1, 0.15) is 5.01 Å². The minimum Gasteiger partial charge on any atom is -0.397 e. The third-order valence-corrected chi connectivity index (χ3v) is 3.57. The van der Waals surface area contributed by atoms with Crippen molar-refractivity contribution in [3.63, 3.8) is 0 Å². The van der Waals surface area contributed by atoms with Crippen LogP contribution in [0.25, 0.3) is 0 Å². The number of aryl methyl sites for hydroxylation is 2. The van der Waals surface area contributed by atoms with E-state index in [2.05, 4.69) is 15.3 Å². The van der Waals surface area contributed by atoms with Gasteiger partial charge in [0.25, 0.3) is 5.91 Å². The summed E-state index contributed by atoms with van der Waals surface area (Å²) in [6, 6.07) is 1.60. The molecule has 0 aromatic carbocycles. The molecule has 6 heteroatoms. The van der Waals surface area contributed by atoms with Crippen LogP contribution < -0.4 is 11.1 Å². The molecule has 0 aliphatic rings. The summed E-state index contributed by atoms with van der Waals surface area (Å²) in [6.07, 6.45) is 2.99. The van der Waals surface area contributed by atoms with E-state index in [1.54, 1.807) is 17.4 Å². The third-order valence-electron chi connectivity index (χ3n) is 2.49. The van der Waals surface area contributed by atoms with E-state index in [4.69, 9.17) is 5.73 Å². The van der Waals surface area contributed by atoms with Crippen molar-refractivity contribution in [3.05, 3.63) is 39.6 Å². The van der Waals surface area contributed by atoms with Crippen LogP contribution in [0.2, 0.25) is 0 Å². The standard InChI is InChI=1S/C12H14N4OS/c1-7-8(2)18-11(16-7)6-15-12(17)9-3-10(13)5-14-4-9/h3-5H,6,13H2,1-2H3,(H,15,17). The average Bonchev–Trinajstić information content (AvgIpc) is 2.66. The lowest BCUT2D eigenvalue weighted by atomic mass is 10.2. The van der Waals surface area contributed by atoms with E-state index in [-0.39, 0.29) is 5.91 Å². The Balaban J connectivity index is 2.00. The predicted octanol–water partition coefficient (Wildman–Crippen LogP) is 1.67. The monoisotopic (exact) mass is 262 g/mol. The zero-order valence-corrected chi connectivity index (χ0v) is 11.0. The van der Waals surface area contributed by atoms with Crippen LogP contribution in [0.15, 0.2) is 18.5 Å². The molecular formula is C12H14N4OS. The highest BCUT2D eigenvalue weighted by Crippen LogP contribution is 2.16. The van der Waals surface area contributed by atoms with Gasteiger partial charge in [-0.1, -0.05) is 0 Å². The molecule has 0 saturated carbocycles. The van der Waals surface area contributed by atoms with Crippen LogP contribution in [0.5, 0.6) is 0 Å². The van der Waals surface area contributed by atoms with Gasteiger partial charge in [0.05, 0.1) is 23.5 Å². The van der Waals surface area contributed by atoms with Crippen LogP contribution in [-0.2, 0) is 6.54 Å². The summed E-state index contributed by atoms with van der Waals surface area (Å²) in [7, 11) is 0. The molecule has 0 unspecified atom stereocenters. The number of hydrogen-bond acceptors (Lipinski definition) is 5. The lowest BCUT2D eigenvalue weighted by Gasteiger charge is -2.03. The summed E-state index contributed by atoms with van der Waals surface area (Å²) >= 11 is 1.59. The lowest BCUT2D eigenvalue weighted by Crippen LogP contribution is -2.23. The Labute approximate surface area is 109 Å². The van der Waals surface area contributed by atoms with Gasteiger partial charge in [-0.25, -0.2) is 4.98 Å². The largest absolute Gasteiger partial charge is 0.397 e. The van der Waals surface area contributed by atoms with E-state index in [9.17, 15) is 4.79 Å². The molecule has 5 nitrogen and oxygen atoms in total. The highest BCUT2D eigenvalue weighted by atomic mass is 32.1. The topological polar surface area (TPSA) is 80.9 Å². The average molecular weight is 262 g/mol. The molecular weight excluding hydrogens is 248 g/mol. The Morgan fingerprint density at radius 2 is 2.22 bits per heavy atom. The zero-order chi connectivity index (χ0) is 13.1. The van der Waals surface area contributed by atoms with Crippen LogP contribution in [0.1, 0.15) is 25.9 Å². The van der Waals surface area contributed by atoms with Gasteiger partial charge >= 0.3 is 0 Å². The van der Waals surface area contributed by atoms with Crippen LogP contribution in [0.4, 0.5) is 5.69 Å². The van der Waals surface area contributed by atoms with Gasteiger partial charge in [0.2, 0.25) is 0 Å². The number of aromatic nitrogens is 2. The van der Waals surface area contributed by atoms with Crippen molar-refractivity contribution in [1.82, 2.24) is 15.3 Å². The molecule has 0 fully saturated rings. The van der Waals surface area contributed by atoms with Crippen molar-refractivity contribution < 1.29 is 4.79 Å². The molecule has 0 aliphatic carbocycles. The molecule has 3 N–H and O–H groups in total. The molecule has 1 amide bonds. The quantitative estimate of drug-likeness (QED) is 0.881. The first-order chi connectivity index (χ1) is 8.56. The summed E-state index contributed by atoms with van der Waals surface area (Å²) < 4.78 is 0. The molecule has 0 bridgehead atoms. The molecule has 0 aliphatic heterocycles. The maximum absolute atomic E-state index is 11.8. The number of anilines is 1. The number of pyridine rings is 1. The van der Waals surface area contributed by atoms with E-state index >= 15 is 0 Å². The fourth-order valence-corrected chi connectivity index (χ4v) is 2.33. The summed E-state index contributed by atoms with van der Waals surface area (Å²) in [6.45, 7) is 4.39. The zero-order valence-electron chi connectivity index (χ0n) is 10.2. The summed E-state index contributed by atoms with van der Waals surface area (Å²) in [5.74, 6) is -0.194. The molecule has 94 valence electrons. The maximum atomic E-state index is 11.8. The Kier molecular flexibility index (Phi) is 3.57. The number of nitrogen functional groups attached to an aromatic ring is 1. The molecule has 2 aromatic rings. The first-order valence-corrected chi connectivity index (χ1v) is 6.29. The second-order valence-electron chi connectivity index (χ2n) is 3.94. The van der Waals surface area contributed by atoms with Crippen molar-refractivity contribution in [2.24, 2.45) is 0 Å². The molecule has 2 rings (SSSR count). The molecule has 0 saturated heterocycles. The first kappa shape index (κ1) is 12.5. The highest BCUT2D eigenvalue weighted by molar-refractivity contribution is 7.11. The van der Waals surface area contributed by atoms with Gasteiger partial charge in [-0.05, 0) is 19.9 Å². The third kappa shape index (κ3) is 2.84. The maximum Gasteiger partial charge on any atom is 0.253 e. The second kappa shape index (κ2) is 5.14. The normalized spacial score (nSPS) is 10.3. The number of hydrogen-bond donors (Lipinski definition) is 2. The van der Waals surface area contributed by atoms with Gasteiger partial charge in [-0.3, -0.25) is 9.78 Å². The molecule has 2 aromatic heterocycles. The molecule has 0 radical (unpaired) electrons. The Hall–Kier alpha value is -1.95. The van der Waals surface area contributed by atoms with Crippen molar-refractivity contribution in [2.45, 2.75) is 20.4 Å². The summed E-state index contributed by atoms with van der Waals surface area (Å²) in [5, 5.41) is 3.69. The highest BCUT2D eigenvalue weighted by Gasteiger charge is 2.08. The Morgan fingerprint density at radius 3 is 2.83 bits per heavy atom. The molecule has 0 spiro atoms. The second-order valence-corrected chi connectivity index (χ2v) is 5.23. The number of amides is 1. The van der Waals surface area contributed by atoms with Crippen LogP contribution in [0, 0.1) is 13.8 Å². The number of thiazole rings is 1. The van der Waals surface area contributed by atoms with Crippen molar-refractivity contribution in [1.29, 1.82) is 0 Å². The smallest absolute Gasteiger partial charge is 0.253 e. The van der Waals surface area contributed by atoms with Gasteiger partial charge in [0, 0.05) is 17.3 Å². The summed E-state index contributed by atoms with van der Waals surface area (Å²) in [5.41, 5.74) is 7.52. The van der Waals surface area contributed by atoms with E-state index in [0.717, 1.165) is 10.7 Å². The fourth-order valence-electron chi connectivity index (χ4n) is 1.45. The number of nitrogens with two attached hydrogens (primary N) is 1. The number of nitrogens with one attached hydrogen (secondary N) is 1. The number of nitrogens with zero attached hydrogens (tertiary/aromatic N) is 2. The van der Waals surface area contributed by atoms with Crippen molar-refractivity contribution in [2.75, 3.05) is 5.73 Å².